The van der Waals surface area contributed by atoms with Crippen LogP contribution in [0.4, 0.5) is 5.69 Å². The van der Waals surface area contributed by atoms with Crippen LogP contribution in [0.3, 0.4) is 0 Å². The molecule has 0 saturated carbocycles. The predicted molar refractivity (Wildman–Crippen MR) is 146 cm³/mol. The number of benzene rings is 3. The molecule has 0 saturated heterocycles. The first-order chi connectivity index (χ1) is 17.0. The summed E-state index contributed by atoms with van der Waals surface area (Å²) in [6.07, 6.45) is 5.60. The van der Waals surface area contributed by atoms with Crippen molar-refractivity contribution in [1.82, 2.24) is 5.43 Å². The zero-order valence-corrected chi connectivity index (χ0v) is 21.3. The average Bonchev–Trinajstić information content (AvgIpc) is 3.38. The van der Waals surface area contributed by atoms with Crippen molar-refractivity contribution in [3.8, 4) is 0 Å². The van der Waals surface area contributed by atoms with Gasteiger partial charge in [-0.25, -0.2) is 5.43 Å². The Morgan fingerprint density at radius 1 is 1.09 bits per heavy atom. The van der Waals surface area contributed by atoms with Crippen molar-refractivity contribution in [2.45, 2.75) is 42.4 Å². The van der Waals surface area contributed by atoms with Gasteiger partial charge in [-0.05, 0) is 73.2 Å². The Morgan fingerprint density at radius 3 is 2.66 bits per heavy atom. The minimum atomic E-state index is -0.243. The quantitative estimate of drug-likeness (QED) is 0.163. The molecule has 5 rings (SSSR count). The molecule has 0 bridgehead atoms. The standard InChI is InChI=1S/C29H28ClN3OS/c1-18(32-33-29(34)19(2)35-21-9-4-3-5-10-21)20-15-16-27-25(17-20)22-12-8-13-23(22)28(31-27)24-11-6-7-14-26(24)30/h3-12,14-17,19,22-23,28,31H,13H2,1-2H3,(H,33,34). The van der Waals surface area contributed by atoms with Gasteiger partial charge >= 0.3 is 0 Å². The highest BCUT2D eigenvalue weighted by Crippen LogP contribution is 2.50. The van der Waals surface area contributed by atoms with E-state index in [4.69, 9.17) is 11.6 Å². The van der Waals surface area contributed by atoms with E-state index in [2.05, 4.69) is 52.3 Å². The molecule has 3 aromatic rings. The summed E-state index contributed by atoms with van der Waals surface area (Å²) in [6, 6.07) is 24.6. The Morgan fingerprint density at radius 2 is 1.86 bits per heavy atom. The number of fused-ring (bicyclic) bond motifs is 3. The van der Waals surface area contributed by atoms with Crippen molar-refractivity contribution in [2.75, 3.05) is 5.32 Å². The summed E-state index contributed by atoms with van der Waals surface area (Å²) >= 11 is 8.08. The van der Waals surface area contributed by atoms with Gasteiger partial charge in [0.25, 0.3) is 5.91 Å². The molecule has 2 N–H and O–H groups in total. The van der Waals surface area contributed by atoms with E-state index in [0.29, 0.717) is 11.8 Å². The number of carbonyl (C=O) groups is 1. The van der Waals surface area contributed by atoms with Crippen LogP contribution in [0.15, 0.2) is 94.9 Å². The minimum Gasteiger partial charge on any atom is -0.378 e. The lowest BCUT2D eigenvalue weighted by Crippen LogP contribution is -2.29. The van der Waals surface area contributed by atoms with E-state index < -0.39 is 0 Å². The lowest BCUT2D eigenvalue weighted by molar-refractivity contribution is -0.120. The maximum absolute atomic E-state index is 12.6. The molecule has 178 valence electrons. The number of thioether (sulfide) groups is 1. The van der Waals surface area contributed by atoms with Gasteiger partial charge in [-0.3, -0.25) is 4.79 Å². The number of amides is 1. The van der Waals surface area contributed by atoms with E-state index in [1.54, 1.807) is 0 Å². The molecule has 0 spiro atoms. The number of rotatable bonds is 6. The first-order valence-corrected chi connectivity index (χ1v) is 13.1. The fourth-order valence-electron chi connectivity index (χ4n) is 4.91. The second-order valence-electron chi connectivity index (χ2n) is 9.05. The largest absolute Gasteiger partial charge is 0.378 e. The van der Waals surface area contributed by atoms with Crippen LogP contribution in [-0.4, -0.2) is 16.9 Å². The highest BCUT2D eigenvalue weighted by molar-refractivity contribution is 8.00. The van der Waals surface area contributed by atoms with Crippen molar-refractivity contribution in [1.29, 1.82) is 0 Å². The first kappa shape index (κ1) is 23.7. The van der Waals surface area contributed by atoms with Gasteiger partial charge in [0.1, 0.15) is 0 Å². The summed E-state index contributed by atoms with van der Waals surface area (Å²) < 4.78 is 0. The number of hydrazone groups is 1. The average molecular weight is 502 g/mol. The van der Waals surface area contributed by atoms with E-state index in [1.807, 2.05) is 62.4 Å². The molecule has 6 heteroatoms. The monoisotopic (exact) mass is 501 g/mol. The molecule has 4 atom stereocenters. The number of hydrogen-bond donors (Lipinski definition) is 2. The van der Waals surface area contributed by atoms with Crippen molar-refractivity contribution >= 4 is 40.7 Å². The van der Waals surface area contributed by atoms with Crippen molar-refractivity contribution in [3.63, 3.8) is 0 Å². The maximum atomic E-state index is 12.6. The summed E-state index contributed by atoms with van der Waals surface area (Å²) in [4.78, 5) is 13.7. The summed E-state index contributed by atoms with van der Waals surface area (Å²) in [5, 5.41) is 8.71. The lowest BCUT2D eigenvalue weighted by Gasteiger charge is -2.38. The van der Waals surface area contributed by atoms with Gasteiger partial charge in [0, 0.05) is 21.5 Å². The molecule has 1 aliphatic carbocycles. The number of anilines is 1. The third kappa shape index (κ3) is 5.02. The fourth-order valence-corrected chi connectivity index (χ4v) is 6.04. The Bertz CT molecular complexity index is 1290. The van der Waals surface area contributed by atoms with Crippen molar-refractivity contribution < 1.29 is 4.79 Å². The summed E-state index contributed by atoms with van der Waals surface area (Å²) in [5.74, 6) is 0.613. The maximum Gasteiger partial charge on any atom is 0.253 e. The van der Waals surface area contributed by atoms with Crippen LogP contribution in [0.25, 0.3) is 0 Å². The van der Waals surface area contributed by atoms with Crippen molar-refractivity contribution in [3.05, 3.63) is 107 Å². The van der Waals surface area contributed by atoms with Crippen LogP contribution < -0.4 is 10.7 Å². The molecule has 3 aromatic carbocycles. The van der Waals surface area contributed by atoms with Gasteiger partial charge in [0.05, 0.1) is 17.0 Å². The van der Waals surface area contributed by atoms with Gasteiger partial charge in [0.2, 0.25) is 0 Å². The number of nitrogens with zero attached hydrogens (tertiary/aromatic N) is 1. The van der Waals surface area contributed by atoms with Crippen molar-refractivity contribution in [2.24, 2.45) is 11.0 Å². The molecule has 1 heterocycles. The van der Waals surface area contributed by atoms with E-state index in [-0.39, 0.29) is 17.2 Å². The van der Waals surface area contributed by atoms with Crippen LogP contribution in [0.5, 0.6) is 0 Å². The number of halogens is 1. The zero-order valence-electron chi connectivity index (χ0n) is 19.7. The Labute approximate surface area is 215 Å². The smallest absolute Gasteiger partial charge is 0.253 e. The lowest BCUT2D eigenvalue weighted by atomic mass is 9.76. The van der Waals surface area contributed by atoms with Gasteiger partial charge in [0.15, 0.2) is 0 Å². The highest BCUT2D eigenvalue weighted by atomic mass is 35.5. The summed E-state index contributed by atoms with van der Waals surface area (Å²) in [6.45, 7) is 3.83. The molecule has 0 aromatic heterocycles. The zero-order chi connectivity index (χ0) is 24.4. The van der Waals surface area contributed by atoms with Gasteiger partial charge in [-0.15, -0.1) is 11.8 Å². The van der Waals surface area contributed by atoms with Crippen LogP contribution >= 0.6 is 23.4 Å². The third-order valence-corrected chi connectivity index (χ3v) is 8.24. The Hall–Kier alpha value is -3.02. The topological polar surface area (TPSA) is 53.5 Å². The highest BCUT2D eigenvalue weighted by Gasteiger charge is 2.38. The molecule has 0 fully saturated rings. The van der Waals surface area contributed by atoms with E-state index in [0.717, 1.165) is 38.9 Å². The molecule has 35 heavy (non-hydrogen) atoms. The summed E-state index contributed by atoms with van der Waals surface area (Å²) in [5.41, 5.74) is 8.06. The van der Waals surface area contributed by atoms with Crippen LogP contribution in [-0.2, 0) is 4.79 Å². The van der Waals surface area contributed by atoms with E-state index in [1.165, 1.54) is 17.3 Å². The predicted octanol–water partition coefficient (Wildman–Crippen LogP) is 7.19. The molecule has 1 amide bonds. The molecule has 1 aliphatic heterocycles. The second-order valence-corrected chi connectivity index (χ2v) is 10.9. The third-order valence-electron chi connectivity index (χ3n) is 6.78. The Balaban J connectivity index is 1.32. The number of carbonyl (C=O) groups excluding carboxylic acids is 1. The Kier molecular flexibility index (Phi) is 6.98. The number of hydrogen-bond acceptors (Lipinski definition) is 4. The normalized spacial score (nSPS) is 21.6. The fraction of sp³-hybridized carbons (Fsp3) is 0.241. The molecular formula is C29H28ClN3OS. The van der Waals surface area contributed by atoms with Gasteiger partial charge in [-0.1, -0.05) is 66.2 Å². The van der Waals surface area contributed by atoms with Crippen LogP contribution in [0.2, 0.25) is 5.02 Å². The molecule has 2 aliphatic rings. The summed E-state index contributed by atoms with van der Waals surface area (Å²) in [7, 11) is 0. The SMILES string of the molecule is CC(=NNC(=O)C(C)Sc1ccccc1)c1ccc2c(c1)C1C=CCC1C(c1ccccc1Cl)N2. The van der Waals surface area contributed by atoms with Gasteiger partial charge < -0.3 is 5.32 Å². The minimum absolute atomic E-state index is 0.112. The number of nitrogens with one attached hydrogen (secondary N) is 2. The van der Waals surface area contributed by atoms with Crippen LogP contribution in [0, 0.1) is 5.92 Å². The first-order valence-electron chi connectivity index (χ1n) is 11.9. The second kappa shape index (κ2) is 10.3. The molecular weight excluding hydrogens is 474 g/mol. The molecule has 4 nitrogen and oxygen atoms in total. The van der Waals surface area contributed by atoms with Crippen LogP contribution in [0.1, 0.15) is 48.9 Å². The molecule has 0 radical (unpaired) electrons. The number of allylic oxidation sites excluding steroid dienone is 2. The van der Waals surface area contributed by atoms with E-state index in [9.17, 15) is 4.79 Å². The molecule has 4 unspecified atom stereocenters. The van der Waals surface area contributed by atoms with E-state index >= 15 is 0 Å². The van der Waals surface area contributed by atoms with Gasteiger partial charge in [-0.2, -0.15) is 5.10 Å².